The zero-order valence-corrected chi connectivity index (χ0v) is 14.9. The van der Waals surface area contributed by atoms with Gasteiger partial charge in [-0.15, -0.1) is 13.2 Å². The maximum atomic E-state index is 13.3. The Bertz CT molecular complexity index is 1140. The molecule has 3 heterocycles. The van der Waals surface area contributed by atoms with E-state index in [9.17, 15) is 17.6 Å². The Hall–Kier alpha value is -3.49. The van der Waals surface area contributed by atoms with Crippen molar-refractivity contribution in [3.05, 3.63) is 78.3 Å². The van der Waals surface area contributed by atoms with Crippen molar-refractivity contribution in [2.75, 3.05) is 0 Å². The van der Waals surface area contributed by atoms with E-state index in [4.69, 9.17) is 0 Å². The Labute approximate surface area is 162 Å². The third kappa shape index (κ3) is 4.50. The number of nitrogens with zero attached hydrogens (tertiary/aromatic N) is 4. The van der Waals surface area contributed by atoms with Crippen LogP contribution in [-0.4, -0.2) is 25.7 Å². The molecular formula is C20H14F4N4O. The van der Waals surface area contributed by atoms with Gasteiger partial charge in [0.05, 0.1) is 17.6 Å². The van der Waals surface area contributed by atoms with Gasteiger partial charge < -0.3 is 4.74 Å². The maximum absolute atomic E-state index is 13.3. The monoisotopic (exact) mass is 402 g/mol. The van der Waals surface area contributed by atoms with Crippen LogP contribution in [0.4, 0.5) is 17.6 Å². The summed E-state index contributed by atoms with van der Waals surface area (Å²) in [6.07, 6.45) is 1.08. The molecule has 0 spiro atoms. The average molecular weight is 402 g/mol. The minimum Gasteiger partial charge on any atom is -0.406 e. The van der Waals surface area contributed by atoms with Gasteiger partial charge in [-0.2, -0.15) is 0 Å². The average Bonchev–Trinajstić information content (AvgIpc) is 3.09. The molecule has 0 saturated heterocycles. The molecule has 9 heteroatoms. The van der Waals surface area contributed by atoms with Gasteiger partial charge in [0.2, 0.25) is 0 Å². The standard InChI is InChI=1S/C20H14F4N4O/c21-14-7-8-28-18(11-25-19(28)9-14)17-10-15(26-12-27-17)4-1-13-2-5-16(6-3-13)29-20(22,23)24/h2-3,5-12H,1,4H2. The summed E-state index contributed by atoms with van der Waals surface area (Å²) in [7, 11) is 0. The number of aromatic nitrogens is 4. The Kier molecular flexibility index (Phi) is 4.87. The molecule has 0 radical (unpaired) electrons. The SMILES string of the molecule is Fc1ccn2c(-c3cc(CCc4ccc(OC(F)(F)F)cc4)ncn3)cnc2c1. The Morgan fingerprint density at radius 2 is 1.72 bits per heavy atom. The van der Waals surface area contributed by atoms with Gasteiger partial charge in [-0.05, 0) is 42.7 Å². The molecule has 5 nitrogen and oxygen atoms in total. The second kappa shape index (κ2) is 7.50. The van der Waals surface area contributed by atoms with Crippen LogP contribution in [0.1, 0.15) is 11.3 Å². The number of alkyl halides is 3. The molecule has 0 amide bonds. The smallest absolute Gasteiger partial charge is 0.406 e. The van der Waals surface area contributed by atoms with Crippen molar-refractivity contribution in [2.24, 2.45) is 0 Å². The van der Waals surface area contributed by atoms with Gasteiger partial charge in [0.15, 0.2) is 0 Å². The van der Waals surface area contributed by atoms with Gasteiger partial charge in [-0.1, -0.05) is 12.1 Å². The van der Waals surface area contributed by atoms with Gasteiger partial charge in [0, 0.05) is 18.0 Å². The molecule has 0 unspecified atom stereocenters. The number of fused-ring (bicyclic) bond motifs is 1. The molecule has 0 aliphatic carbocycles. The number of hydrogen-bond donors (Lipinski definition) is 0. The fourth-order valence-corrected chi connectivity index (χ4v) is 2.95. The summed E-state index contributed by atoms with van der Waals surface area (Å²) in [5, 5.41) is 0. The second-order valence-electron chi connectivity index (χ2n) is 6.30. The van der Waals surface area contributed by atoms with Gasteiger partial charge in [-0.3, -0.25) is 4.40 Å². The molecule has 0 bridgehead atoms. The predicted octanol–water partition coefficient (Wildman–Crippen LogP) is 4.61. The van der Waals surface area contributed by atoms with Crippen LogP contribution in [0.2, 0.25) is 0 Å². The molecule has 0 fully saturated rings. The van der Waals surface area contributed by atoms with Crippen LogP contribution >= 0.6 is 0 Å². The lowest BCUT2D eigenvalue weighted by atomic mass is 10.1. The van der Waals surface area contributed by atoms with Crippen LogP contribution in [-0.2, 0) is 12.8 Å². The molecular weight excluding hydrogens is 388 g/mol. The first kappa shape index (κ1) is 18.9. The highest BCUT2D eigenvalue weighted by Crippen LogP contribution is 2.23. The molecule has 0 aliphatic heterocycles. The molecule has 0 saturated carbocycles. The lowest BCUT2D eigenvalue weighted by Crippen LogP contribution is -2.17. The van der Waals surface area contributed by atoms with E-state index >= 15 is 0 Å². The number of rotatable bonds is 5. The van der Waals surface area contributed by atoms with E-state index in [1.807, 2.05) is 6.07 Å². The highest BCUT2D eigenvalue weighted by molar-refractivity contribution is 5.60. The van der Waals surface area contributed by atoms with Gasteiger partial charge in [-0.25, -0.2) is 19.3 Å². The predicted molar refractivity (Wildman–Crippen MR) is 96.7 cm³/mol. The van der Waals surface area contributed by atoms with E-state index in [1.165, 1.54) is 30.6 Å². The van der Waals surface area contributed by atoms with E-state index in [0.29, 0.717) is 29.9 Å². The van der Waals surface area contributed by atoms with Crippen molar-refractivity contribution < 1.29 is 22.3 Å². The van der Waals surface area contributed by atoms with E-state index < -0.39 is 6.36 Å². The summed E-state index contributed by atoms with van der Waals surface area (Å²) >= 11 is 0. The van der Waals surface area contributed by atoms with E-state index in [-0.39, 0.29) is 11.6 Å². The normalized spacial score (nSPS) is 11.7. The number of halogens is 4. The van der Waals surface area contributed by atoms with Gasteiger partial charge in [0.1, 0.15) is 23.5 Å². The number of imidazole rings is 1. The summed E-state index contributed by atoms with van der Waals surface area (Å²) < 4.78 is 55.6. The molecule has 4 rings (SSSR count). The lowest BCUT2D eigenvalue weighted by Gasteiger charge is -2.09. The molecule has 29 heavy (non-hydrogen) atoms. The molecule has 0 atom stereocenters. The summed E-state index contributed by atoms with van der Waals surface area (Å²) in [6.45, 7) is 0. The summed E-state index contributed by atoms with van der Waals surface area (Å²) in [6, 6.07) is 10.2. The van der Waals surface area contributed by atoms with Crippen molar-refractivity contribution in [3.63, 3.8) is 0 Å². The number of pyridine rings is 1. The molecule has 148 valence electrons. The Balaban J connectivity index is 1.48. The Morgan fingerprint density at radius 1 is 0.931 bits per heavy atom. The molecule has 0 N–H and O–H groups in total. The highest BCUT2D eigenvalue weighted by atomic mass is 19.4. The van der Waals surface area contributed by atoms with Crippen molar-refractivity contribution in [1.82, 2.24) is 19.4 Å². The van der Waals surface area contributed by atoms with Crippen molar-refractivity contribution in [1.29, 1.82) is 0 Å². The Morgan fingerprint density at radius 3 is 2.48 bits per heavy atom. The topological polar surface area (TPSA) is 52.3 Å². The molecule has 4 aromatic rings. The minimum atomic E-state index is -4.71. The largest absolute Gasteiger partial charge is 0.573 e. The first-order valence-corrected chi connectivity index (χ1v) is 8.66. The van der Waals surface area contributed by atoms with Crippen LogP contribution in [0.3, 0.4) is 0 Å². The number of ether oxygens (including phenoxy) is 1. The van der Waals surface area contributed by atoms with Crippen LogP contribution in [0.15, 0.2) is 61.2 Å². The van der Waals surface area contributed by atoms with E-state index in [2.05, 4.69) is 19.7 Å². The van der Waals surface area contributed by atoms with Crippen LogP contribution < -0.4 is 4.74 Å². The first-order valence-electron chi connectivity index (χ1n) is 8.66. The minimum absolute atomic E-state index is 0.255. The lowest BCUT2D eigenvalue weighted by molar-refractivity contribution is -0.274. The van der Waals surface area contributed by atoms with Crippen LogP contribution in [0, 0.1) is 5.82 Å². The fourth-order valence-electron chi connectivity index (χ4n) is 2.95. The van der Waals surface area contributed by atoms with Gasteiger partial charge >= 0.3 is 6.36 Å². The van der Waals surface area contributed by atoms with Crippen LogP contribution in [0.25, 0.3) is 17.0 Å². The van der Waals surface area contributed by atoms with Crippen molar-refractivity contribution >= 4 is 5.65 Å². The summed E-state index contributed by atoms with van der Waals surface area (Å²) in [4.78, 5) is 12.7. The second-order valence-corrected chi connectivity index (χ2v) is 6.30. The van der Waals surface area contributed by atoms with Crippen molar-refractivity contribution in [2.45, 2.75) is 19.2 Å². The zero-order valence-electron chi connectivity index (χ0n) is 14.9. The van der Waals surface area contributed by atoms with E-state index in [1.54, 1.807) is 28.9 Å². The molecule has 3 aromatic heterocycles. The first-order chi connectivity index (χ1) is 13.9. The maximum Gasteiger partial charge on any atom is 0.573 e. The highest BCUT2D eigenvalue weighted by Gasteiger charge is 2.30. The van der Waals surface area contributed by atoms with Crippen LogP contribution in [0.5, 0.6) is 5.75 Å². The fraction of sp³-hybridized carbons (Fsp3) is 0.150. The molecule has 0 aliphatic rings. The quantitative estimate of drug-likeness (QED) is 0.458. The number of aryl methyl sites for hydroxylation is 2. The summed E-state index contributed by atoms with van der Waals surface area (Å²) in [5.41, 5.74) is 3.44. The zero-order chi connectivity index (χ0) is 20.4. The number of hydrogen-bond acceptors (Lipinski definition) is 4. The van der Waals surface area contributed by atoms with Gasteiger partial charge in [0.25, 0.3) is 0 Å². The third-order valence-corrected chi connectivity index (χ3v) is 4.29. The molecule has 1 aromatic carbocycles. The van der Waals surface area contributed by atoms with E-state index in [0.717, 1.165) is 11.3 Å². The third-order valence-electron chi connectivity index (χ3n) is 4.29. The van der Waals surface area contributed by atoms with Crippen molar-refractivity contribution in [3.8, 4) is 17.1 Å². The number of benzene rings is 1. The summed E-state index contributed by atoms with van der Waals surface area (Å²) in [5.74, 6) is -0.626.